The van der Waals surface area contributed by atoms with Crippen LogP contribution < -0.4 is 10.5 Å². The van der Waals surface area contributed by atoms with Gasteiger partial charge in [-0.25, -0.2) is 4.98 Å². The number of ether oxygens (including phenoxy) is 1. The minimum absolute atomic E-state index is 0.420. The molecule has 5 heteroatoms. The Morgan fingerprint density at radius 1 is 1.47 bits per heavy atom. The van der Waals surface area contributed by atoms with Gasteiger partial charge in [-0.2, -0.15) is 5.26 Å². The maximum atomic E-state index is 8.68. The highest BCUT2D eigenvalue weighted by Crippen LogP contribution is 2.18. The fourth-order valence-corrected chi connectivity index (χ4v) is 1.93. The van der Waals surface area contributed by atoms with Crippen LogP contribution in [0.1, 0.15) is 18.4 Å². The van der Waals surface area contributed by atoms with Crippen LogP contribution in [-0.4, -0.2) is 36.1 Å². The van der Waals surface area contributed by atoms with Crippen molar-refractivity contribution in [1.29, 1.82) is 5.26 Å². The van der Waals surface area contributed by atoms with E-state index in [-0.39, 0.29) is 0 Å². The van der Waals surface area contributed by atoms with Crippen molar-refractivity contribution in [2.75, 3.05) is 32.0 Å². The topological polar surface area (TPSA) is 75.2 Å². The summed E-state index contributed by atoms with van der Waals surface area (Å²) in [5, 5.41) is 8.68. The van der Waals surface area contributed by atoms with Gasteiger partial charge in [0.25, 0.3) is 0 Å². The summed E-state index contributed by atoms with van der Waals surface area (Å²) in [6, 6.07) is 3.57. The van der Waals surface area contributed by atoms with Gasteiger partial charge in [0.05, 0.1) is 11.3 Å². The van der Waals surface area contributed by atoms with E-state index in [1.165, 1.54) is 19.0 Å². The van der Waals surface area contributed by atoms with Gasteiger partial charge in [0, 0.05) is 12.7 Å². The average Bonchev–Trinajstić information content (AvgIpc) is 2.84. The summed E-state index contributed by atoms with van der Waals surface area (Å²) in [6.45, 7) is 3.80. The van der Waals surface area contributed by atoms with E-state index in [0.29, 0.717) is 23.7 Å². The lowest BCUT2D eigenvalue weighted by Crippen LogP contribution is -2.25. The molecule has 0 saturated carbocycles. The number of likely N-dealkylation sites (tertiary alicyclic amines) is 1. The number of nitriles is 1. The fourth-order valence-electron chi connectivity index (χ4n) is 1.93. The predicted octanol–water partition coefficient (Wildman–Crippen LogP) is 1.01. The van der Waals surface area contributed by atoms with E-state index in [1.807, 2.05) is 6.07 Å². The van der Waals surface area contributed by atoms with E-state index >= 15 is 0 Å². The molecule has 1 aromatic rings. The quantitative estimate of drug-likeness (QED) is 0.838. The van der Waals surface area contributed by atoms with Crippen LogP contribution in [0, 0.1) is 11.3 Å². The SMILES string of the molecule is N#Cc1cnc(OCCN2CCCC2)c(N)c1. The molecule has 2 heterocycles. The van der Waals surface area contributed by atoms with E-state index in [2.05, 4.69) is 9.88 Å². The van der Waals surface area contributed by atoms with E-state index < -0.39 is 0 Å². The summed E-state index contributed by atoms with van der Waals surface area (Å²) in [7, 11) is 0. The Hall–Kier alpha value is -1.80. The standard InChI is InChI=1S/C12H16N4O/c13-8-10-7-11(14)12(15-9-10)17-6-5-16-3-1-2-4-16/h7,9H,1-6,14H2. The molecule has 0 spiro atoms. The Kier molecular flexibility index (Phi) is 3.78. The molecule has 1 aliphatic heterocycles. The van der Waals surface area contributed by atoms with Crippen LogP contribution in [0.3, 0.4) is 0 Å². The Labute approximate surface area is 101 Å². The molecule has 0 unspecified atom stereocenters. The molecule has 1 saturated heterocycles. The number of nitrogen functional groups attached to an aromatic ring is 1. The first-order chi connectivity index (χ1) is 8.29. The van der Waals surface area contributed by atoms with Crippen LogP contribution in [0.15, 0.2) is 12.3 Å². The number of pyridine rings is 1. The van der Waals surface area contributed by atoms with E-state index in [1.54, 1.807) is 6.07 Å². The number of aromatic nitrogens is 1. The smallest absolute Gasteiger partial charge is 0.237 e. The zero-order valence-electron chi connectivity index (χ0n) is 9.72. The predicted molar refractivity (Wildman–Crippen MR) is 64.5 cm³/mol. The molecule has 0 amide bonds. The van der Waals surface area contributed by atoms with Crippen molar-refractivity contribution in [1.82, 2.24) is 9.88 Å². The van der Waals surface area contributed by atoms with Gasteiger partial charge in [0.2, 0.25) is 5.88 Å². The van der Waals surface area contributed by atoms with Crippen molar-refractivity contribution in [2.45, 2.75) is 12.8 Å². The highest BCUT2D eigenvalue weighted by Gasteiger charge is 2.11. The van der Waals surface area contributed by atoms with Crippen LogP contribution >= 0.6 is 0 Å². The number of nitrogens with two attached hydrogens (primary N) is 1. The molecule has 1 aliphatic rings. The lowest BCUT2D eigenvalue weighted by atomic mass is 10.3. The minimum Gasteiger partial charge on any atom is -0.475 e. The zero-order valence-corrected chi connectivity index (χ0v) is 9.72. The molecule has 2 rings (SSSR count). The van der Waals surface area contributed by atoms with Crippen LogP contribution in [0.4, 0.5) is 5.69 Å². The summed E-state index contributed by atoms with van der Waals surface area (Å²) in [5.74, 6) is 0.420. The molecule has 1 fully saturated rings. The molecule has 17 heavy (non-hydrogen) atoms. The first-order valence-electron chi connectivity index (χ1n) is 5.80. The Morgan fingerprint density at radius 2 is 2.24 bits per heavy atom. The number of nitrogens with zero attached hydrogens (tertiary/aromatic N) is 3. The van der Waals surface area contributed by atoms with Crippen molar-refractivity contribution in [2.24, 2.45) is 0 Å². The maximum absolute atomic E-state index is 8.68. The molecule has 5 nitrogen and oxygen atoms in total. The van der Waals surface area contributed by atoms with Crippen molar-refractivity contribution >= 4 is 5.69 Å². The Balaban J connectivity index is 1.84. The van der Waals surface area contributed by atoms with Gasteiger partial charge < -0.3 is 10.5 Å². The van der Waals surface area contributed by atoms with Crippen molar-refractivity contribution < 1.29 is 4.74 Å². The molecule has 1 aromatic heterocycles. The van der Waals surface area contributed by atoms with Gasteiger partial charge in [0.15, 0.2) is 0 Å². The molecule has 2 N–H and O–H groups in total. The van der Waals surface area contributed by atoms with Gasteiger partial charge in [-0.05, 0) is 32.0 Å². The average molecular weight is 232 g/mol. The summed E-state index contributed by atoms with van der Waals surface area (Å²) in [4.78, 5) is 6.39. The van der Waals surface area contributed by atoms with Gasteiger partial charge >= 0.3 is 0 Å². The Morgan fingerprint density at radius 3 is 2.88 bits per heavy atom. The third-order valence-electron chi connectivity index (χ3n) is 2.85. The molecular weight excluding hydrogens is 216 g/mol. The normalized spacial score (nSPS) is 15.7. The molecule has 0 bridgehead atoms. The lowest BCUT2D eigenvalue weighted by Gasteiger charge is -2.15. The number of hydrogen-bond donors (Lipinski definition) is 1. The third-order valence-corrected chi connectivity index (χ3v) is 2.85. The second-order valence-electron chi connectivity index (χ2n) is 4.13. The fraction of sp³-hybridized carbons (Fsp3) is 0.500. The van der Waals surface area contributed by atoms with Crippen molar-refractivity contribution in [3.05, 3.63) is 17.8 Å². The molecular formula is C12H16N4O. The van der Waals surface area contributed by atoms with Crippen LogP contribution in [0.25, 0.3) is 0 Å². The largest absolute Gasteiger partial charge is 0.475 e. The summed E-state index contributed by atoms with van der Waals surface area (Å²) >= 11 is 0. The summed E-state index contributed by atoms with van der Waals surface area (Å²) in [6.07, 6.45) is 4.02. The van der Waals surface area contributed by atoms with Crippen LogP contribution in [0.5, 0.6) is 5.88 Å². The minimum atomic E-state index is 0.420. The van der Waals surface area contributed by atoms with E-state index in [9.17, 15) is 0 Å². The first kappa shape index (κ1) is 11.7. The number of hydrogen-bond acceptors (Lipinski definition) is 5. The summed E-state index contributed by atoms with van der Waals surface area (Å²) in [5.41, 5.74) is 6.61. The lowest BCUT2D eigenvalue weighted by molar-refractivity contribution is 0.233. The zero-order chi connectivity index (χ0) is 12.1. The van der Waals surface area contributed by atoms with E-state index in [4.69, 9.17) is 15.7 Å². The molecule has 90 valence electrons. The van der Waals surface area contributed by atoms with E-state index in [0.717, 1.165) is 19.6 Å². The molecule has 0 aliphatic carbocycles. The van der Waals surface area contributed by atoms with Gasteiger partial charge in [-0.15, -0.1) is 0 Å². The number of rotatable bonds is 4. The Bertz CT molecular complexity index is 421. The maximum Gasteiger partial charge on any atom is 0.237 e. The van der Waals surface area contributed by atoms with Crippen LogP contribution in [-0.2, 0) is 0 Å². The van der Waals surface area contributed by atoms with Crippen molar-refractivity contribution in [3.63, 3.8) is 0 Å². The highest BCUT2D eigenvalue weighted by molar-refractivity contribution is 5.51. The molecule has 0 radical (unpaired) electrons. The second kappa shape index (κ2) is 5.51. The molecule has 0 atom stereocenters. The van der Waals surface area contributed by atoms with Gasteiger partial charge in [0.1, 0.15) is 12.7 Å². The second-order valence-corrected chi connectivity index (χ2v) is 4.13. The van der Waals surface area contributed by atoms with Gasteiger partial charge in [-0.3, -0.25) is 4.90 Å². The first-order valence-corrected chi connectivity index (χ1v) is 5.80. The molecule has 0 aromatic carbocycles. The summed E-state index contributed by atoms with van der Waals surface area (Å²) < 4.78 is 5.51. The van der Waals surface area contributed by atoms with Gasteiger partial charge in [-0.1, -0.05) is 0 Å². The number of anilines is 1. The highest BCUT2D eigenvalue weighted by atomic mass is 16.5. The van der Waals surface area contributed by atoms with Crippen molar-refractivity contribution in [3.8, 4) is 11.9 Å². The monoisotopic (exact) mass is 232 g/mol. The third kappa shape index (κ3) is 3.08. The van der Waals surface area contributed by atoms with Crippen LogP contribution in [0.2, 0.25) is 0 Å².